The molecule has 0 radical (unpaired) electrons. The third-order valence-electron chi connectivity index (χ3n) is 6.08. The maximum atomic E-state index is 13.2. The topological polar surface area (TPSA) is 71.3 Å². The molecule has 1 aromatic heterocycles. The average Bonchev–Trinajstić information content (AvgIpc) is 3.23. The second kappa shape index (κ2) is 7.98. The van der Waals surface area contributed by atoms with Gasteiger partial charge in [-0.2, -0.15) is 4.31 Å². The summed E-state index contributed by atoms with van der Waals surface area (Å²) in [4.78, 5) is 2.78. The third-order valence-corrected chi connectivity index (χ3v) is 8.38. The van der Waals surface area contributed by atoms with E-state index >= 15 is 0 Å². The molecule has 2 aliphatic rings. The van der Waals surface area contributed by atoms with Crippen molar-refractivity contribution in [3.05, 3.63) is 40.4 Å². The fraction of sp³-hybridized carbons (Fsp3) is 0.600. The molecule has 0 unspecified atom stereocenters. The van der Waals surface area contributed by atoms with Crippen LogP contribution in [0.5, 0.6) is 0 Å². The molecule has 7 nitrogen and oxygen atoms in total. The van der Waals surface area contributed by atoms with Gasteiger partial charge in [0.15, 0.2) is 0 Å². The molecule has 1 saturated heterocycles. The molecule has 3 heterocycles. The van der Waals surface area contributed by atoms with E-state index < -0.39 is 10.0 Å². The van der Waals surface area contributed by atoms with Crippen LogP contribution in [-0.4, -0.2) is 64.6 Å². The minimum atomic E-state index is -3.58. The summed E-state index contributed by atoms with van der Waals surface area (Å²) in [5.41, 5.74) is 0.668. The van der Waals surface area contributed by atoms with Gasteiger partial charge in [0.05, 0.1) is 4.90 Å². The largest absolute Gasteiger partial charge is 0.313 e. The molecule has 4 rings (SSSR count). The summed E-state index contributed by atoms with van der Waals surface area (Å²) in [6.45, 7) is 9.69. The fourth-order valence-electron chi connectivity index (χ4n) is 4.38. The first-order valence-corrected chi connectivity index (χ1v) is 12.0. The third kappa shape index (κ3) is 3.95. The molecule has 29 heavy (non-hydrogen) atoms. The van der Waals surface area contributed by atoms with E-state index in [1.165, 1.54) is 0 Å². The van der Waals surface area contributed by atoms with Crippen LogP contribution in [0.25, 0.3) is 0 Å². The smallest absolute Gasteiger partial charge is 0.243 e. The van der Waals surface area contributed by atoms with Crippen molar-refractivity contribution in [2.75, 3.05) is 26.2 Å². The van der Waals surface area contributed by atoms with Gasteiger partial charge in [-0.15, -0.1) is 10.2 Å². The first kappa shape index (κ1) is 20.8. The lowest BCUT2D eigenvalue weighted by Gasteiger charge is -2.21. The number of aromatic nitrogens is 3. The van der Waals surface area contributed by atoms with E-state index in [1.807, 2.05) is 0 Å². The summed E-state index contributed by atoms with van der Waals surface area (Å²) in [7, 11) is -3.58. The van der Waals surface area contributed by atoms with E-state index in [1.54, 1.807) is 29.4 Å². The molecule has 1 aromatic carbocycles. The Kier molecular flexibility index (Phi) is 5.72. The Labute approximate surface area is 177 Å². The van der Waals surface area contributed by atoms with Gasteiger partial charge >= 0.3 is 0 Å². The van der Waals surface area contributed by atoms with Gasteiger partial charge in [0.1, 0.15) is 11.6 Å². The number of likely N-dealkylation sites (tertiary alicyclic amines) is 1. The van der Waals surface area contributed by atoms with Gasteiger partial charge in [-0.05, 0) is 57.5 Å². The zero-order chi connectivity index (χ0) is 20.8. The minimum Gasteiger partial charge on any atom is -0.313 e. The number of aryl methyl sites for hydroxylation is 1. The normalized spacial score (nSPS) is 21.5. The number of sulfonamides is 1. The van der Waals surface area contributed by atoms with Crippen molar-refractivity contribution in [3.63, 3.8) is 0 Å². The first-order chi connectivity index (χ1) is 13.8. The summed E-state index contributed by atoms with van der Waals surface area (Å²) in [6.07, 6.45) is 1.64. The zero-order valence-electron chi connectivity index (χ0n) is 17.2. The van der Waals surface area contributed by atoms with Crippen LogP contribution in [-0.2, 0) is 23.0 Å². The molecule has 2 aliphatic heterocycles. The number of hydrogen-bond acceptors (Lipinski definition) is 5. The van der Waals surface area contributed by atoms with Crippen LogP contribution in [0, 0.1) is 6.92 Å². The van der Waals surface area contributed by atoms with Gasteiger partial charge in [0.2, 0.25) is 10.0 Å². The van der Waals surface area contributed by atoms with Crippen LogP contribution in [0.1, 0.15) is 43.4 Å². The Morgan fingerprint density at radius 2 is 1.93 bits per heavy atom. The van der Waals surface area contributed by atoms with Crippen molar-refractivity contribution >= 4 is 21.6 Å². The minimum absolute atomic E-state index is 0.322. The average molecular weight is 438 g/mol. The van der Waals surface area contributed by atoms with Gasteiger partial charge in [-0.3, -0.25) is 0 Å². The molecule has 9 heteroatoms. The van der Waals surface area contributed by atoms with Gasteiger partial charge in [0.25, 0.3) is 0 Å². The Hall–Kier alpha value is -1.48. The molecule has 0 saturated carbocycles. The lowest BCUT2D eigenvalue weighted by Crippen LogP contribution is -2.34. The fourth-order valence-corrected chi connectivity index (χ4v) is 6.24. The van der Waals surface area contributed by atoms with E-state index in [4.69, 9.17) is 11.6 Å². The monoisotopic (exact) mass is 437 g/mol. The lowest BCUT2D eigenvalue weighted by atomic mass is 10.1. The molecule has 158 valence electrons. The Balaban J connectivity index is 1.54. The van der Waals surface area contributed by atoms with Gasteiger partial charge in [-0.25, -0.2) is 8.42 Å². The lowest BCUT2D eigenvalue weighted by molar-refractivity contribution is 0.271. The molecule has 2 aromatic rings. The first-order valence-electron chi connectivity index (χ1n) is 10.2. The molecule has 0 aliphatic carbocycles. The standard InChI is InChI=1S/C20H28ClN5O2S/c1-14(2)24-8-6-16(13-24)20-23-22-19-7-9-25(10-11-26(19)20)29(27,28)18-5-4-17(21)12-15(18)3/h4-5,12,14,16H,6-11,13H2,1-3H3/t16-/m0/s1. The van der Waals surface area contributed by atoms with Crippen LogP contribution in [0.4, 0.5) is 0 Å². The number of benzene rings is 1. The van der Waals surface area contributed by atoms with Crippen molar-refractivity contribution in [2.24, 2.45) is 0 Å². The SMILES string of the molecule is Cc1cc(Cl)ccc1S(=O)(=O)N1CCc2nnc([C@H]3CCN(C(C)C)C3)n2CC1. The maximum absolute atomic E-state index is 13.2. The van der Waals surface area contributed by atoms with Crippen molar-refractivity contribution < 1.29 is 8.42 Å². The predicted molar refractivity (Wildman–Crippen MR) is 113 cm³/mol. The molecule has 1 fully saturated rings. The number of nitrogens with zero attached hydrogens (tertiary/aromatic N) is 5. The summed E-state index contributed by atoms with van der Waals surface area (Å²) in [6, 6.07) is 5.45. The summed E-state index contributed by atoms with van der Waals surface area (Å²) >= 11 is 6.00. The molecule has 0 N–H and O–H groups in total. The highest BCUT2D eigenvalue weighted by Crippen LogP contribution is 2.29. The number of halogens is 1. The highest BCUT2D eigenvalue weighted by molar-refractivity contribution is 7.89. The van der Waals surface area contributed by atoms with E-state index in [9.17, 15) is 8.42 Å². The molecular weight excluding hydrogens is 410 g/mol. The van der Waals surface area contributed by atoms with Crippen molar-refractivity contribution in [3.8, 4) is 0 Å². The predicted octanol–water partition coefficient (Wildman–Crippen LogP) is 2.68. The summed E-state index contributed by atoms with van der Waals surface area (Å²) in [5.74, 6) is 2.25. The molecule has 0 amide bonds. The van der Waals surface area contributed by atoms with Crippen LogP contribution in [0.2, 0.25) is 5.02 Å². The molecule has 0 bridgehead atoms. The summed E-state index contributed by atoms with van der Waals surface area (Å²) < 4.78 is 30.2. The van der Waals surface area contributed by atoms with Crippen molar-refractivity contribution in [1.82, 2.24) is 24.0 Å². The molecule has 0 spiro atoms. The van der Waals surface area contributed by atoms with E-state index in [-0.39, 0.29) is 0 Å². The number of rotatable bonds is 4. The van der Waals surface area contributed by atoms with Crippen molar-refractivity contribution in [1.29, 1.82) is 0 Å². The van der Waals surface area contributed by atoms with Crippen molar-refractivity contribution in [2.45, 2.75) is 57.0 Å². The number of fused-ring (bicyclic) bond motifs is 1. The van der Waals surface area contributed by atoms with E-state index in [0.717, 1.165) is 31.2 Å². The maximum Gasteiger partial charge on any atom is 0.243 e. The Morgan fingerprint density at radius 3 is 2.62 bits per heavy atom. The highest BCUT2D eigenvalue weighted by Gasteiger charge is 2.33. The van der Waals surface area contributed by atoms with Gasteiger partial charge in [0, 0.05) is 49.6 Å². The van der Waals surface area contributed by atoms with Crippen LogP contribution >= 0.6 is 11.6 Å². The van der Waals surface area contributed by atoms with E-state index in [2.05, 4.69) is 33.5 Å². The van der Waals surface area contributed by atoms with Gasteiger partial charge in [-0.1, -0.05) is 11.6 Å². The zero-order valence-corrected chi connectivity index (χ0v) is 18.7. The quantitative estimate of drug-likeness (QED) is 0.735. The molecule has 1 atom stereocenters. The van der Waals surface area contributed by atoms with Crippen LogP contribution < -0.4 is 0 Å². The van der Waals surface area contributed by atoms with Crippen LogP contribution in [0.3, 0.4) is 0 Å². The molecular formula is C20H28ClN5O2S. The van der Waals surface area contributed by atoms with Gasteiger partial charge < -0.3 is 9.47 Å². The van der Waals surface area contributed by atoms with E-state index in [0.29, 0.717) is 53.5 Å². The Bertz CT molecular complexity index is 1000. The second-order valence-corrected chi connectivity index (χ2v) is 10.6. The Morgan fingerprint density at radius 1 is 1.14 bits per heavy atom. The number of hydrogen-bond donors (Lipinski definition) is 0. The second-order valence-electron chi connectivity index (χ2n) is 8.26. The summed E-state index contributed by atoms with van der Waals surface area (Å²) in [5, 5.41) is 9.44. The van der Waals surface area contributed by atoms with Crippen LogP contribution in [0.15, 0.2) is 23.1 Å². The highest BCUT2D eigenvalue weighted by atomic mass is 35.5.